The van der Waals surface area contributed by atoms with Gasteiger partial charge in [-0.1, -0.05) is 12.8 Å². The molecule has 1 aliphatic carbocycles. The monoisotopic (exact) mass is 541 g/mol. The Kier molecular flexibility index (Phi) is 6.42. The molecule has 5 heterocycles. The van der Waals surface area contributed by atoms with Gasteiger partial charge in [-0.2, -0.15) is 10.1 Å². The molecule has 2 aromatic heterocycles. The van der Waals surface area contributed by atoms with E-state index in [2.05, 4.69) is 43.8 Å². The molecule has 2 fully saturated rings. The summed E-state index contributed by atoms with van der Waals surface area (Å²) in [6.07, 6.45) is 7.51. The molecule has 1 saturated heterocycles. The SMILES string of the molecule is Cc1cc2cc(n1)-c1cnn(C)c1OCCC[C@@H](CC1CC1)CN1/C(=N/C2=O)Nc2cc(NC3COC3)ccc21. The van der Waals surface area contributed by atoms with Gasteiger partial charge in [-0.05, 0) is 68.4 Å². The molecular formula is C30H35N7O3. The van der Waals surface area contributed by atoms with Crippen LogP contribution in [0.3, 0.4) is 0 Å². The van der Waals surface area contributed by atoms with Crippen molar-refractivity contribution in [1.82, 2.24) is 14.8 Å². The second-order valence-corrected chi connectivity index (χ2v) is 11.5. The topological polar surface area (TPSA) is 106 Å². The number of carbonyl (C=O) groups is 1. The Morgan fingerprint density at radius 1 is 1.12 bits per heavy atom. The van der Waals surface area contributed by atoms with Crippen molar-refractivity contribution in [2.45, 2.75) is 45.1 Å². The van der Waals surface area contributed by atoms with Gasteiger partial charge in [0.15, 0.2) is 0 Å². The number of anilines is 3. The molecule has 1 saturated carbocycles. The van der Waals surface area contributed by atoms with Crippen LogP contribution in [0.15, 0.2) is 41.5 Å². The molecule has 0 spiro atoms. The fourth-order valence-electron chi connectivity index (χ4n) is 5.86. The van der Waals surface area contributed by atoms with E-state index < -0.39 is 0 Å². The lowest BCUT2D eigenvalue weighted by molar-refractivity contribution is 0.0211. The van der Waals surface area contributed by atoms with Gasteiger partial charge >= 0.3 is 0 Å². The van der Waals surface area contributed by atoms with Crippen LogP contribution >= 0.6 is 0 Å². The molecule has 2 bridgehead atoms. The predicted octanol–water partition coefficient (Wildman–Crippen LogP) is 4.62. The number of rotatable bonds is 4. The van der Waals surface area contributed by atoms with E-state index in [1.165, 1.54) is 19.3 Å². The van der Waals surface area contributed by atoms with Crippen molar-refractivity contribution in [1.29, 1.82) is 0 Å². The van der Waals surface area contributed by atoms with E-state index in [0.717, 1.165) is 66.8 Å². The van der Waals surface area contributed by atoms with Crippen molar-refractivity contribution in [2.75, 3.05) is 41.9 Å². The van der Waals surface area contributed by atoms with Crippen LogP contribution in [0, 0.1) is 18.8 Å². The van der Waals surface area contributed by atoms with Crippen molar-refractivity contribution in [2.24, 2.45) is 23.9 Å². The van der Waals surface area contributed by atoms with E-state index in [0.29, 0.717) is 41.7 Å². The number of nitrogens with one attached hydrogen (secondary N) is 2. The zero-order valence-electron chi connectivity index (χ0n) is 23.0. The molecular weight excluding hydrogens is 506 g/mol. The third-order valence-electron chi connectivity index (χ3n) is 8.17. The van der Waals surface area contributed by atoms with Gasteiger partial charge in [-0.3, -0.25) is 9.78 Å². The third-order valence-corrected chi connectivity index (χ3v) is 8.17. The van der Waals surface area contributed by atoms with Crippen LogP contribution in [0.1, 0.15) is 48.2 Å². The predicted molar refractivity (Wildman–Crippen MR) is 154 cm³/mol. The lowest BCUT2D eigenvalue weighted by atomic mass is 9.96. The maximum atomic E-state index is 13.6. The molecule has 2 N–H and O–H groups in total. The number of guanidine groups is 1. The van der Waals surface area contributed by atoms with Gasteiger partial charge in [0.25, 0.3) is 5.91 Å². The summed E-state index contributed by atoms with van der Waals surface area (Å²) in [4.78, 5) is 25.2. The van der Waals surface area contributed by atoms with E-state index in [-0.39, 0.29) is 5.91 Å². The van der Waals surface area contributed by atoms with Crippen LogP contribution in [0.4, 0.5) is 17.1 Å². The number of aliphatic imine (C=N–C) groups is 1. The normalized spacial score (nSPS) is 22.4. The zero-order chi connectivity index (χ0) is 27.2. The van der Waals surface area contributed by atoms with Crippen molar-refractivity contribution in [3.63, 3.8) is 0 Å². The summed E-state index contributed by atoms with van der Waals surface area (Å²) in [5, 5.41) is 11.4. The van der Waals surface area contributed by atoms with Crippen LogP contribution in [0.2, 0.25) is 0 Å². The molecule has 10 nitrogen and oxygen atoms in total. The Morgan fingerprint density at radius 3 is 2.80 bits per heavy atom. The Labute approximate surface area is 233 Å². The Morgan fingerprint density at radius 2 is 2.00 bits per heavy atom. The highest BCUT2D eigenvalue weighted by molar-refractivity contribution is 6.19. The summed E-state index contributed by atoms with van der Waals surface area (Å²) < 4.78 is 13.3. The molecule has 1 atom stereocenters. The fraction of sp³-hybridized carbons (Fsp3) is 0.467. The first-order chi connectivity index (χ1) is 19.5. The highest BCUT2D eigenvalue weighted by atomic mass is 16.5. The zero-order valence-corrected chi connectivity index (χ0v) is 23.0. The third kappa shape index (κ3) is 5.03. The summed E-state index contributed by atoms with van der Waals surface area (Å²) in [7, 11) is 1.87. The smallest absolute Gasteiger partial charge is 0.280 e. The summed E-state index contributed by atoms with van der Waals surface area (Å²) in [6, 6.07) is 10.2. The molecule has 1 amide bonds. The second-order valence-electron chi connectivity index (χ2n) is 11.5. The molecule has 40 heavy (non-hydrogen) atoms. The summed E-state index contributed by atoms with van der Waals surface area (Å²) in [5.74, 6) is 2.19. The van der Waals surface area contributed by atoms with Crippen LogP contribution in [0.5, 0.6) is 5.88 Å². The van der Waals surface area contributed by atoms with Gasteiger partial charge < -0.3 is 25.0 Å². The number of nitrogens with zero attached hydrogens (tertiary/aromatic N) is 5. The highest BCUT2D eigenvalue weighted by Gasteiger charge is 2.32. The van der Waals surface area contributed by atoms with Crippen LogP contribution in [-0.4, -0.2) is 59.0 Å². The minimum Gasteiger partial charge on any atom is -0.477 e. The summed E-state index contributed by atoms with van der Waals surface area (Å²) in [6.45, 7) is 4.72. The van der Waals surface area contributed by atoms with Crippen molar-refractivity contribution in [3.8, 4) is 17.1 Å². The van der Waals surface area contributed by atoms with Crippen LogP contribution < -0.4 is 20.3 Å². The maximum Gasteiger partial charge on any atom is 0.280 e. The highest BCUT2D eigenvalue weighted by Crippen LogP contribution is 2.40. The average molecular weight is 542 g/mol. The molecule has 1 aromatic carbocycles. The molecule has 0 unspecified atom stereocenters. The van der Waals surface area contributed by atoms with E-state index in [9.17, 15) is 4.79 Å². The standard InChI is InChI=1S/C30H35N7O3/c1-18-10-21-12-25(32-18)24-14-31-36(2)29(24)40-9-3-4-20(11-19-5-6-19)15-37-27-8-7-22(33-23-16-39-17-23)13-26(27)34-30(37)35-28(21)38/h7-8,10,12-14,19-20,23,33H,3-6,9,11,15-17H2,1-2H3,(H,34,35,38)/t20-/m0/s1. The molecule has 10 heteroatoms. The number of aryl methyl sites for hydroxylation is 2. The Bertz CT molecular complexity index is 1470. The summed E-state index contributed by atoms with van der Waals surface area (Å²) >= 11 is 0. The molecule has 7 rings (SSSR count). The lowest BCUT2D eigenvalue weighted by Crippen LogP contribution is -2.40. The summed E-state index contributed by atoms with van der Waals surface area (Å²) in [5.41, 5.74) is 5.69. The van der Waals surface area contributed by atoms with Crippen molar-refractivity contribution in [3.05, 3.63) is 47.8 Å². The van der Waals surface area contributed by atoms with Crippen LogP contribution in [-0.2, 0) is 11.8 Å². The average Bonchev–Trinajstić information content (AvgIpc) is 3.56. The van der Waals surface area contributed by atoms with Gasteiger partial charge in [0, 0.05) is 30.5 Å². The van der Waals surface area contributed by atoms with Crippen LogP contribution in [0.25, 0.3) is 11.3 Å². The van der Waals surface area contributed by atoms with Gasteiger partial charge in [-0.15, -0.1) is 0 Å². The second kappa shape index (κ2) is 10.2. The van der Waals surface area contributed by atoms with Gasteiger partial charge in [0.05, 0.1) is 54.7 Å². The number of carbonyl (C=O) groups excluding carboxylic acids is 1. The first-order valence-electron chi connectivity index (χ1n) is 14.3. The number of hydrogen-bond donors (Lipinski definition) is 2. The molecule has 4 aliphatic rings. The minimum atomic E-state index is -0.308. The van der Waals surface area contributed by atoms with Gasteiger partial charge in [0.2, 0.25) is 11.8 Å². The minimum absolute atomic E-state index is 0.308. The number of pyridine rings is 1. The molecule has 208 valence electrons. The molecule has 3 aliphatic heterocycles. The number of ether oxygens (including phenoxy) is 2. The number of amides is 1. The lowest BCUT2D eigenvalue weighted by Gasteiger charge is -2.28. The first kappa shape index (κ1) is 25.1. The van der Waals surface area contributed by atoms with Gasteiger partial charge in [0.1, 0.15) is 0 Å². The quantitative estimate of drug-likeness (QED) is 0.493. The van der Waals surface area contributed by atoms with E-state index in [4.69, 9.17) is 14.5 Å². The first-order valence-corrected chi connectivity index (χ1v) is 14.3. The molecule has 0 radical (unpaired) electrons. The maximum absolute atomic E-state index is 13.6. The molecule has 3 aromatic rings. The number of hydrogen-bond acceptors (Lipinski definition) is 8. The number of benzene rings is 1. The van der Waals surface area contributed by atoms with E-state index in [1.54, 1.807) is 23.0 Å². The van der Waals surface area contributed by atoms with Gasteiger partial charge in [-0.25, -0.2) is 4.68 Å². The Hall–Kier alpha value is -3.92. The number of fused-ring (bicyclic) bond motifs is 7. The largest absolute Gasteiger partial charge is 0.477 e. The fourth-order valence-corrected chi connectivity index (χ4v) is 5.86. The Balaban J connectivity index is 1.27. The van der Waals surface area contributed by atoms with Crippen molar-refractivity contribution >= 4 is 28.9 Å². The van der Waals surface area contributed by atoms with E-state index in [1.807, 2.05) is 14.0 Å². The van der Waals surface area contributed by atoms with Crippen molar-refractivity contribution < 1.29 is 14.3 Å². The van der Waals surface area contributed by atoms with E-state index >= 15 is 0 Å². The number of aromatic nitrogens is 3.